The molecule has 172 valence electrons. The van der Waals surface area contributed by atoms with E-state index >= 15 is 0 Å². The minimum Gasteiger partial charge on any atom is -0.435 e. The van der Waals surface area contributed by atoms with Gasteiger partial charge in [0, 0.05) is 11.6 Å². The summed E-state index contributed by atoms with van der Waals surface area (Å²) in [5.74, 6) is 0.0468. The Labute approximate surface area is 187 Å². The molecule has 4 N–H and O–H groups in total. The third kappa shape index (κ3) is 4.32. The second kappa shape index (κ2) is 9.30. The van der Waals surface area contributed by atoms with E-state index in [1.54, 1.807) is 41.1 Å². The zero-order valence-electron chi connectivity index (χ0n) is 16.7. The first kappa shape index (κ1) is 22.9. The van der Waals surface area contributed by atoms with Crippen LogP contribution in [0.2, 0.25) is 5.02 Å². The number of ether oxygens (including phenoxy) is 2. The third-order valence-electron chi connectivity index (χ3n) is 5.57. The maximum absolute atomic E-state index is 12.4. The van der Waals surface area contributed by atoms with Crippen molar-refractivity contribution in [1.29, 1.82) is 0 Å². The van der Waals surface area contributed by atoms with Crippen LogP contribution in [0.15, 0.2) is 48.7 Å². The molecule has 7 nitrogen and oxygen atoms in total. The average Bonchev–Trinajstić information content (AvgIpc) is 3.13. The number of benzene rings is 2. The quantitative estimate of drug-likeness (QED) is 0.442. The van der Waals surface area contributed by atoms with Gasteiger partial charge < -0.3 is 34.5 Å². The fraction of sp³-hybridized carbons (Fsp3) is 0.364. The summed E-state index contributed by atoms with van der Waals surface area (Å²) >= 11 is 6.46. The number of aliphatic hydroxyl groups is 4. The van der Waals surface area contributed by atoms with Gasteiger partial charge in [-0.2, -0.15) is 8.78 Å². The molecule has 0 amide bonds. The summed E-state index contributed by atoms with van der Waals surface area (Å²) in [5.41, 5.74) is 2.19. The van der Waals surface area contributed by atoms with Crippen molar-refractivity contribution in [1.82, 2.24) is 4.57 Å². The topological polar surface area (TPSA) is 104 Å². The van der Waals surface area contributed by atoms with E-state index in [0.29, 0.717) is 22.3 Å². The highest BCUT2D eigenvalue weighted by molar-refractivity contribution is 6.35. The molecule has 0 saturated carbocycles. The van der Waals surface area contributed by atoms with Gasteiger partial charge in [0.25, 0.3) is 0 Å². The highest BCUT2D eigenvalue weighted by Gasteiger charge is 2.44. The van der Waals surface area contributed by atoms with E-state index < -0.39 is 43.9 Å². The molecule has 5 atom stereocenters. The Bertz CT molecular complexity index is 1070. The maximum atomic E-state index is 12.4. The molecule has 1 aliphatic heterocycles. The highest BCUT2D eigenvalue weighted by Crippen LogP contribution is 2.36. The van der Waals surface area contributed by atoms with E-state index in [2.05, 4.69) is 4.74 Å². The van der Waals surface area contributed by atoms with Crippen molar-refractivity contribution in [3.05, 3.63) is 64.8 Å². The SMILES string of the molecule is OC[C@H]1O[C@@H](n2cc(Cc3ccc(OC(F)F)cc3)c3c(Cl)cccc32)[C@H](O)[C@@H](O)[C@@H]1O. The van der Waals surface area contributed by atoms with Crippen LogP contribution in [0.1, 0.15) is 17.4 Å². The predicted molar refractivity (Wildman–Crippen MR) is 112 cm³/mol. The Morgan fingerprint density at radius 1 is 1.03 bits per heavy atom. The fourth-order valence-electron chi connectivity index (χ4n) is 4.01. The molecular weight excluding hydrogens is 448 g/mol. The summed E-state index contributed by atoms with van der Waals surface area (Å²) in [6, 6.07) is 11.4. The van der Waals surface area contributed by atoms with Crippen LogP contribution in [-0.4, -0.2) is 62.6 Å². The van der Waals surface area contributed by atoms with Crippen molar-refractivity contribution in [2.24, 2.45) is 0 Å². The number of aromatic nitrogens is 1. The summed E-state index contributed by atoms with van der Waals surface area (Å²) in [7, 11) is 0. The molecule has 0 bridgehead atoms. The Morgan fingerprint density at radius 3 is 2.41 bits per heavy atom. The van der Waals surface area contributed by atoms with Crippen LogP contribution < -0.4 is 4.74 Å². The largest absolute Gasteiger partial charge is 0.435 e. The second-order valence-corrected chi connectivity index (χ2v) is 8.02. The second-order valence-electron chi connectivity index (χ2n) is 7.61. The van der Waals surface area contributed by atoms with Crippen molar-refractivity contribution in [3.63, 3.8) is 0 Å². The first-order valence-electron chi connectivity index (χ1n) is 9.92. The number of hydrogen-bond donors (Lipinski definition) is 4. The Kier molecular flexibility index (Phi) is 6.66. The lowest BCUT2D eigenvalue weighted by molar-refractivity contribution is -0.250. The number of alkyl halides is 2. The third-order valence-corrected chi connectivity index (χ3v) is 5.89. The van der Waals surface area contributed by atoms with Crippen molar-refractivity contribution in [3.8, 4) is 5.75 Å². The van der Waals surface area contributed by atoms with E-state index in [1.807, 2.05) is 0 Å². The summed E-state index contributed by atoms with van der Waals surface area (Å²) in [5, 5.41) is 41.5. The normalized spacial score (nSPS) is 26.1. The summed E-state index contributed by atoms with van der Waals surface area (Å²) < 4.78 is 36.4. The Balaban J connectivity index is 1.71. The Hall–Kier alpha value is -2.27. The van der Waals surface area contributed by atoms with Gasteiger partial charge in [0.15, 0.2) is 6.23 Å². The summed E-state index contributed by atoms with van der Waals surface area (Å²) in [6.45, 7) is -3.45. The van der Waals surface area contributed by atoms with Crippen LogP contribution in [-0.2, 0) is 11.2 Å². The van der Waals surface area contributed by atoms with Crippen LogP contribution in [0.4, 0.5) is 8.78 Å². The number of rotatable bonds is 6. The van der Waals surface area contributed by atoms with E-state index in [-0.39, 0.29) is 5.75 Å². The zero-order chi connectivity index (χ0) is 23.0. The molecule has 0 unspecified atom stereocenters. The van der Waals surface area contributed by atoms with Gasteiger partial charge in [-0.15, -0.1) is 0 Å². The molecule has 2 aromatic carbocycles. The highest BCUT2D eigenvalue weighted by atomic mass is 35.5. The number of hydrogen-bond acceptors (Lipinski definition) is 6. The van der Waals surface area contributed by atoms with Gasteiger partial charge in [0.2, 0.25) is 0 Å². The monoisotopic (exact) mass is 469 g/mol. The minimum atomic E-state index is -2.91. The van der Waals surface area contributed by atoms with Gasteiger partial charge >= 0.3 is 6.61 Å². The van der Waals surface area contributed by atoms with Crippen molar-refractivity contribution < 1.29 is 38.7 Å². The fourth-order valence-corrected chi connectivity index (χ4v) is 4.30. The molecule has 0 aliphatic carbocycles. The molecule has 10 heteroatoms. The summed E-state index contributed by atoms with van der Waals surface area (Å²) in [6.07, 6.45) is -4.48. The molecule has 32 heavy (non-hydrogen) atoms. The van der Waals surface area contributed by atoms with Crippen LogP contribution in [0.3, 0.4) is 0 Å². The van der Waals surface area contributed by atoms with Gasteiger partial charge in [-0.3, -0.25) is 0 Å². The molecule has 1 aromatic heterocycles. The minimum absolute atomic E-state index is 0.0468. The van der Waals surface area contributed by atoms with Crippen molar-refractivity contribution in [2.45, 2.75) is 43.7 Å². The molecule has 3 aromatic rings. The van der Waals surface area contributed by atoms with Gasteiger partial charge in [0.05, 0.1) is 17.1 Å². The van der Waals surface area contributed by atoms with Crippen LogP contribution in [0.25, 0.3) is 10.9 Å². The molecule has 1 saturated heterocycles. The lowest BCUT2D eigenvalue weighted by Gasteiger charge is -2.40. The van der Waals surface area contributed by atoms with Gasteiger partial charge in [-0.05, 0) is 41.8 Å². The zero-order valence-corrected chi connectivity index (χ0v) is 17.4. The number of aliphatic hydroxyl groups excluding tert-OH is 4. The lowest BCUT2D eigenvalue weighted by atomic mass is 9.98. The first-order chi connectivity index (χ1) is 15.3. The average molecular weight is 470 g/mol. The van der Waals surface area contributed by atoms with Gasteiger partial charge in [0.1, 0.15) is 30.2 Å². The molecule has 0 spiro atoms. The first-order valence-corrected chi connectivity index (χ1v) is 10.3. The number of nitrogens with zero attached hydrogens (tertiary/aromatic N) is 1. The van der Waals surface area contributed by atoms with Crippen molar-refractivity contribution >= 4 is 22.5 Å². The maximum Gasteiger partial charge on any atom is 0.387 e. The van der Waals surface area contributed by atoms with Gasteiger partial charge in [-0.1, -0.05) is 29.8 Å². The standard InChI is InChI=1S/C22H22ClF2NO6/c23-14-2-1-3-15-17(14)12(8-11-4-6-13(7-5-11)31-22(24)25)9-26(15)21-20(30)19(29)18(28)16(10-27)32-21/h1-7,9,16,18-22,27-30H,8,10H2/t16-,18-,19+,20-,21-/m1/s1. The van der Waals surface area contributed by atoms with Crippen LogP contribution >= 0.6 is 11.6 Å². The van der Waals surface area contributed by atoms with E-state index in [1.165, 1.54) is 12.1 Å². The lowest BCUT2D eigenvalue weighted by Crippen LogP contribution is -2.56. The molecule has 0 radical (unpaired) electrons. The summed E-state index contributed by atoms with van der Waals surface area (Å²) in [4.78, 5) is 0. The molecule has 2 heterocycles. The molecule has 1 aliphatic rings. The van der Waals surface area contributed by atoms with E-state index in [9.17, 15) is 29.2 Å². The molecule has 1 fully saturated rings. The number of halogens is 3. The van der Waals surface area contributed by atoms with Gasteiger partial charge in [-0.25, -0.2) is 0 Å². The number of fused-ring (bicyclic) bond motifs is 1. The van der Waals surface area contributed by atoms with Crippen LogP contribution in [0, 0.1) is 0 Å². The van der Waals surface area contributed by atoms with Crippen molar-refractivity contribution in [2.75, 3.05) is 6.61 Å². The molecule has 4 rings (SSSR count). The predicted octanol–water partition coefficient (Wildman–Crippen LogP) is 2.46. The van der Waals surface area contributed by atoms with E-state index in [4.69, 9.17) is 16.3 Å². The smallest absolute Gasteiger partial charge is 0.387 e. The van der Waals surface area contributed by atoms with Crippen LogP contribution in [0.5, 0.6) is 5.75 Å². The molecular formula is C22H22ClF2NO6. The Morgan fingerprint density at radius 2 is 1.75 bits per heavy atom. The van der Waals surface area contributed by atoms with E-state index in [0.717, 1.165) is 11.1 Å².